The molecule has 2 rings (SSSR count). The average molecular weight is 388 g/mol. The number of aliphatic hydroxyl groups excluding tert-OH is 1. The zero-order valence-corrected chi connectivity index (χ0v) is 15.3. The molecule has 0 saturated carbocycles. The molecule has 2 atom stereocenters. The van der Waals surface area contributed by atoms with Crippen LogP contribution in [0.4, 0.5) is 5.69 Å². The van der Waals surface area contributed by atoms with E-state index < -0.39 is 28.9 Å². The summed E-state index contributed by atoms with van der Waals surface area (Å²) in [7, 11) is 2.54. The average Bonchev–Trinajstić information content (AvgIpc) is 2.72. The Kier molecular flexibility index (Phi) is 7.05. The number of aliphatic hydroxyl groups is 1. The van der Waals surface area contributed by atoms with Gasteiger partial charge in [0.1, 0.15) is 11.8 Å². The number of benzene rings is 2. The molecule has 0 aromatic heterocycles. The van der Waals surface area contributed by atoms with Crippen LogP contribution in [0, 0.1) is 10.1 Å². The van der Waals surface area contributed by atoms with Crippen molar-refractivity contribution in [3.8, 4) is 5.75 Å². The van der Waals surface area contributed by atoms with Gasteiger partial charge in [-0.3, -0.25) is 14.9 Å². The summed E-state index contributed by atoms with van der Waals surface area (Å²) in [5, 5.41) is 23.6. The van der Waals surface area contributed by atoms with Gasteiger partial charge < -0.3 is 19.9 Å². The summed E-state index contributed by atoms with van der Waals surface area (Å²) in [4.78, 5) is 35.0. The van der Waals surface area contributed by atoms with Crippen LogP contribution in [0.25, 0.3) is 0 Å². The second-order valence-electron chi connectivity index (χ2n) is 5.85. The number of ether oxygens (including phenoxy) is 2. The van der Waals surface area contributed by atoms with Gasteiger partial charge in [0, 0.05) is 24.1 Å². The molecule has 0 aliphatic rings. The van der Waals surface area contributed by atoms with Gasteiger partial charge in [0.05, 0.1) is 19.1 Å². The standard InChI is InChI=1S/C19H20N2O7/c1-27-16-9-8-14(21(25)26)10-13(16)11-15(19(24)28-2)20-18(23)17(22)12-6-4-3-5-7-12/h3-10,15,17,22H,11H2,1-2H3,(H,20,23)/t15-,17-/m0/s1. The molecule has 0 aliphatic heterocycles. The van der Waals surface area contributed by atoms with Gasteiger partial charge in [0.15, 0.2) is 6.10 Å². The van der Waals surface area contributed by atoms with Crippen LogP contribution in [0.2, 0.25) is 0 Å². The van der Waals surface area contributed by atoms with Gasteiger partial charge in [-0.2, -0.15) is 0 Å². The summed E-state index contributed by atoms with van der Waals surface area (Å²) in [5.41, 5.74) is 0.508. The molecular formula is C19H20N2O7. The van der Waals surface area contributed by atoms with Crippen LogP contribution in [-0.4, -0.2) is 42.2 Å². The van der Waals surface area contributed by atoms with Crippen molar-refractivity contribution in [3.63, 3.8) is 0 Å². The predicted molar refractivity (Wildman–Crippen MR) is 98.7 cm³/mol. The maximum Gasteiger partial charge on any atom is 0.328 e. The highest BCUT2D eigenvalue weighted by molar-refractivity contribution is 5.87. The first-order valence-electron chi connectivity index (χ1n) is 8.30. The lowest BCUT2D eigenvalue weighted by Gasteiger charge is -2.20. The van der Waals surface area contributed by atoms with E-state index in [0.717, 1.165) is 7.11 Å². The van der Waals surface area contributed by atoms with E-state index in [-0.39, 0.29) is 12.1 Å². The van der Waals surface area contributed by atoms with Crippen molar-refractivity contribution in [2.45, 2.75) is 18.6 Å². The predicted octanol–water partition coefficient (Wildman–Crippen LogP) is 1.54. The first-order chi connectivity index (χ1) is 13.4. The monoisotopic (exact) mass is 388 g/mol. The van der Waals surface area contributed by atoms with E-state index >= 15 is 0 Å². The number of non-ortho nitro benzene ring substituents is 1. The summed E-state index contributed by atoms with van der Waals surface area (Å²) < 4.78 is 9.89. The first kappa shape index (κ1) is 20.8. The second-order valence-corrected chi connectivity index (χ2v) is 5.85. The fraction of sp³-hybridized carbons (Fsp3) is 0.263. The highest BCUT2D eigenvalue weighted by atomic mass is 16.6. The van der Waals surface area contributed by atoms with Gasteiger partial charge in [-0.05, 0) is 11.6 Å². The number of methoxy groups -OCH3 is 2. The van der Waals surface area contributed by atoms with E-state index in [1.54, 1.807) is 30.3 Å². The summed E-state index contributed by atoms with van der Waals surface area (Å²) in [6.07, 6.45) is -1.61. The van der Waals surface area contributed by atoms with Crippen molar-refractivity contribution in [2.75, 3.05) is 14.2 Å². The Balaban J connectivity index is 2.25. The van der Waals surface area contributed by atoms with Gasteiger partial charge in [0.2, 0.25) is 0 Å². The number of nitrogens with zero attached hydrogens (tertiary/aromatic N) is 1. The molecule has 0 aliphatic carbocycles. The Morgan fingerprint density at radius 1 is 1.18 bits per heavy atom. The van der Waals surface area contributed by atoms with Crippen molar-refractivity contribution in [1.29, 1.82) is 0 Å². The van der Waals surface area contributed by atoms with Gasteiger partial charge >= 0.3 is 5.97 Å². The van der Waals surface area contributed by atoms with Crippen LogP contribution >= 0.6 is 0 Å². The Labute approximate surface area is 161 Å². The lowest BCUT2D eigenvalue weighted by atomic mass is 10.0. The number of carbonyl (C=O) groups excluding carboxylic acids is 2. The molecule has 0 bridgehead atoms. The number of esters is 1. The van der Waals surface area contributed by atoms with Crippen molar-refractivity contribution >= 4 is 17.6 Å². The van der Waals surface area contributed by atoms with Crippen LogP contribution < -0.4 is 10.1 Å². The van der Waals surface area contributed by atoms with Gasteiger partial charge in [-0.25, -0.2) is 4.79 Å². The number of hydrogen-bond donors (Lipinski definition) is 2. The smallest absolute Gasteiger partial charge is 0.328 e. The zero-order chi connectivity index (χ0) is 20.7. The third-order valence-corrected chi connectivity index (χ3v) is 4.06. The summed E-state index contributed by atoms with van der Waals surface area (Å²) in [6, 6.07) is 11.0. The van der Waals surface area contributed by atoms with Crippen molar-refractivity contribution in [2.24, 2.45) is 0 Å². The largest absolute Gasteiger partial charge is 0.496 e. The summed E-state index contributed by atoms with van der Waals surface area (Å²) in [5.74, 6) is -1.24. The van der Waals surface area contributed by atoms with E-state index in [0.29, 0.717) is 16.9 Å². The minimum Gasteiger partial charge on any atom is -0.496 e. The molecule has 9 nitrogen and oxygen atoms in total. The van der Waals surface area contributed by atoms with Crippen LogP contribution in [0.15, 0.2) is 48.5 Å². The normalized spacial score (nSPS) is 12.5. The van der Waals surface area contributed by atoms with Crippen molar-refractivity contribution < 1.29 is 29.1 Å². The zero-order valence-electron chi connectivity index (χ0n) is 15.3. The van der Waals surface area contributed by atoms with Crippen LogP contribution in [0.5, 0.6) is 5.75 Å². The van der Waals surface area contributed by atoms with E-state index in [2.05, 4.69) is 5.32 Å². The first-order valence-corrected chi connectivity index (χ1v) is 8.30. The second kappa shape index (κ2) is 9.47. The van der Waals surface area contributed by atoms with Crippen molar-refractivity contribution in [3.05, 3.63) is 69.8 Å². The van der Waals surface area contributed by atoms with Gasteiger partial charge in [0.25, 0.3) is 11.6 Å². The Hall–Kier alpha value is -3.46. The number of amides is 1. The Morgan fingerprint density at radius 3 is 2.43 bits per heavy atom. The molecule has 148 valence electrons. The number of carbonyl (C=O) groups is 2. The summed E-state index contributed by atoms with van der Waals surface area (Å²) >= 11 is 0. The molecule has 28 heavy (non-hydrogen) atoms. The molecular weight excluding hydrogens is 368 g/mol. The number of hydrogen-bond acceptors (Lipinski definition) is 7. The molecule has 2 aromatic carbocycles. The maximum atomic E-state index is 12.4. The molecule has 0 unspecified atom stereocenters. The number of nitro groups is 1. The van der Waals surface area contributed by atoms with Crippen LogP contribution in [-0.2, 0) is 20.7 Å². The third-order valence-electron chi connectivity index (χ3n) is 4.06. The number of nitro benzene ring substituents is 1. The topological polar surface area (TPSA) is 128 Å². The van der Waals surface area contributed by atoms with Crippen LogP contribution in [0.1, 0.15) is 17.2 Å². The molecule has 2 aromatic rings. The Morgan fingerprint density at radius 2 is 1.86 bits per heavy atom. The lowest BCUT2D eigenvalue weighted by molar-refractivity contribution is -0.384. The minimum absolute atomic E-state index is 0.120. The van der Waals surface area contributed by atoms with E-state index in [1.807, 2.05) is 0 Å². The molecule has 0 fully saturated rings. The molecule has 0 spiro atoms. The van der Waals surface area contributed by atoms with E-state index in [1.165, 1.54) is 25.3 Å². The quantitative estimate of drug-likeness (QED) is 0.399. The number of rotatable bonds is 8. The van der Waals surface area contributed by atoms with Crippen LogP contribution in [0.3, 0.4) is 0 Å². The molecule has 2 N–H and O–H groups in total. The molecule has 9 heteroatoms. The van der Waals surface area contributed by atoms with E-state index in [4.69, 9.17) is 9.47 Å². The fourth-order valence-electron chi connectivity index (χ4n) is 2.63. The third kappa shape index (κ3) is 5.04. The Bertz CT molecular complexity index is 855. The van der Waals surface area contributed by atoms with E-state index in [9.17, 15) is 24.8 Å². The molecule has 0 heterocycles. The molecule has 0 radical (unpaired) electrons. The fourth-order valence-corrected chi connectivity index (χ4v) is 2.63. The molecule has 0 saturated heterocycles. The van der Waals surface area contributed by atoms with Gasteiger partial charge in [-0.15, -0.1) is 0 Å². The highest BCUT2D eigenvalue weighted by Gasteiger charge is 2.27. The van der Waals surface area contributed by atoms with Gasteiger partial charge in [-0.1, -0.05) is 30.3 Å². The summed E-state index contributed by atoms with van der Waals surface area (Å²) in [6.45, 7) is 0. The maximum absolute atomic E-state index is 12.4. The molecule has 1 amide bonds. The highest BCUT2D eigenvalue weighted by Crippen LogP contribution is 2.25. The minimum atomic E-state index is -1.49. The SMILES string of the molecule is COC(=O)[C@H](Cc1cc([N+](=O)[O-])ccc1OC)NC(=O)[C@@H](O)c1ccccc1. The lowest BCUT2D eigenvalue weighted by Crippen LogP contribution is -2.45. The number of nitrogens with one attached hydrogen (secondary N) is 1. The van der Waals surface area contributed by atoms with Crippen molar-refractivity contribution in [1.82, 2.24) is 5.32 Å².